The van der Waals surface area contributed by atoms with E-state index in [1.54, 1.807) is 0 Å². The van der Waals surface area contributed by atoms with Crippen molar-refractivity contribution in [2.45, 2.75) is 45.2 Å². The lowest BCUT2D eigenvalue weighted by atomic mass is 10.1. The Labute approximate surface area is 135 Å². The second-order valence-electron chi connectivity index (χ2n) is 5.82. The number of likely N-dealkylation sites (tertiary alicyclic amines) is 1. The van der Waals surface area contributed by atoms with Crippen LogP contribution in [0.4, 0.5) is 0 Å². The predicted molar refractivity (Wildman–Crippen MR) is 88.0 cm³/mol. The Kier molecular flexibility index (Phi) is 5.58. The Bertz CT molecular complexity index is 554. The van der Waals surface area contributed by atoms with Crippen molar-refractivity contribution in [3.63, 3.8) is 0 Å². The van der Waals surface area contributed by atoms with Crippen molar-refractivity contribution >= 4 is 11.3 Å². The summed E-state index contributed by atoms with van der Waals surface area (Å²) in [4.78, 5) is 8.29. The van der Waals surface area contributed by atoms with E-state index in [-0.39, 0.29) is 0 Å². The van der Waals surface area contributed by atoms with Crippen LogP contribution in [-0.4, -0.2) is 40.7 Å². The normalized spacial score (nSPS) is 19.6. The molecule has 1 N–H and O–H groups in total. The van der Waals surface area contributed by atoms with E-state index in [1.165, 1.54) is 17.7 Å². The fourth-order valence-electron chi connectivity index (χ4n) is 2.92. The highest BCUT2D eigenvalue weighted by atomic mass is 32.1. The maximum atomic E-state index is 5.19. The van der Waals surface area contributed by atoms with Crippen LogP contribution in [0.3, 0.4) is 0 Å². The monoisotopic (exact) mass is 320 g/mol. The lowest BCUT2D eigenvalue weighted by Gasteiger charge is -2.32. The summed E-state index contributed by atoms with van der Waals surface area (Å²) in [5.74, 6) is 1.55. The van der Waals surface area contributed by atoms with Gasteiger partial charge in [0.2, 0.25) is 5.89 Å². The highest BCUT2D eigenvalue weighted by molar-refractivity contribution is 7.09. The molecule has 0 saturated carbocycles. The van der Waals surface area contributed by atoms with Crippen molar-refractivity contribution in [1.29, 1.82) is 0 Å². The molecule has 6 heteroatoms. The average Bonchev–Trinajstić information content (AvgIpc) is 3.19. The molecule has 0 spiro atoms. The van der Waals surface area contributed by atoms with Crippen LogP contribution in [0.2, 0.25) is 0 Å². The SMILES string of the molecule is CCc1nc(CN2CCCC(NCCc3cccs3)C2)no1. The third-order valence-corrected chi connectivity index (χ3v) is 5.00. The topological polar surface area (TPSA) is 54.2 Å². The standard InChI is InChI=1S/C16H24N4OS/c1-2-16-18-15(19-21-16)12-20-9-3-5-13(11-20)17-8-7-14-6-4-10-22-14/h4,6,10,13,17H,2-3,5,7-9,11-12H2,1H3. The number of nitrogens with one attached hydrogen (secondary N) is 1. The largest absolute Gasteiger partial charge is 0.339 e. The number of aryl methyl sites for hydroxylation is 1. The minimum absolute atomic E-state index is 0.575. The fraction of sp³-hybridized carbons (Fsp3) is 0.625. The first-order valence-electron chi connectivity index (χ1n) is 8.13. The van der Waals surface area contributed by atoms with E-state index in [0.717, 1.165) is 50.7 Å². The quantitative estimate of drug-likeness (QED) is 0.849. The van der Waals surface area contributed by atoms with Gasteiger partial charge in [-0.1, -0.05) is 18.1 Å². The van der Waals surface area contributed by atoms with Gasteiger partial charge in [0.25, 0.3) is 0 Å². The van der Waals surface area contributed by atoms with Gasteiger partial charge in [0.1, 0.15) is 0 Å². The van der Waals surface area contributed by atoms with Crippen LogP contribution in [0.25, 0.3) is 0 Å². The van der Waals surface area contributed by atoms with Crippen molar-refractivity contribution in [3.8, 4) is 0 Å². The molecule has 120 valence electrons. The van der Waals surface area contributed by atoms with Crippen molar-refractivity contribution in [1.82, 2.24) is 20.4 Å². The molecule has 1 fully saturated rings. The smallest absolute Gasteiger partial charge is 0.226 e. The molecule has 0 aromatic carbocycles. The number of thiophene rings is 1. The average molecular weight is 320 g/mol. The van der Waals surface area contributed by atoms with Gasteiger partial charge < -0.3 is 9.84 Å². The highest BCUT2D eigenvalue weighted by Crippen LogP contribution is 2.13. The molecule has 2 aromatic rings. The maximum Gasteiger partial charge on any atom is 0.226 e. The maximum absolute atomic E-state index is 5.19. The van der Waals surface area contributed by atoms with E-state index >= 15 is 0 Å². The molecule has 1 saturated heterocycles. The van der Waals surface area contributed by atoms with E-state index in [0.29, 0.717) is 6.04 Å². The van der Waals surface area contributed by atoms with E-state index < -0.39 is 0 Å². The summed E-state index contributed by atoms with van der Waals surface area (Å²) in [5.41, 5.74) is 0. The molecule has 0 aliphatic carbocycles. The van der Waals surface area contributed by atoms with Crippen LogP contribution in [0.5, 0.6) is 0 Å². The van der Waals surface area contributed by atoms with Gasteiger partial charge in [-0.3, -0.25) is 4.90 Å². The molecule has 22 heavy (non-hydrogen) atoms. The summed E-state index contributed by atoms with van der Waals surface area (Å²) in [5, 5.41) is 9.89. The molecule has 1 atom stereocenters. The number of aromatic nitrogens is 2. The number of hydrogen-bond acceptors (Lipinski definition) is 6. The Hall–Kier alpha value is -1.24. The molecule has 5 nitrogen and oxygen atoms in total. The first-order chi connectivity index (χ1) is 10.8. The van der Waals surface area contributed by atoms with Gasteiger partial charge in [0.15, 0.2) is 5.82 Å². The number of nitrogens with zero attached hydrogens (tertiary/aromatic N) is 3. The summed E-state index contributed by atoms with van der Waals surface area (Å²) in [7, 11) is 0. The van der Waals surface area contributed by atoms with Crippen LogP contribution in [-0.2, 0) is 19.4 Å². The number of piperidine rings is 1. The second kappa shape index (κ2) is 7.85. The van der Waals surface area contributed by atoms with Crippen molar-refractivity contribution in [3.05, 3.63) is 34.1 Å². The van der Waals surface area contributed by atoms with E-state index in [1.807, 2.05) is 18.3 Å². The molecule has 0 bridgehead atoms. The van der Waals surface area contributed by atoms with Crippen LogP contribution in [0, 0.1) is 0 Å². The molecule has 3 heterocycles. The summed E-state index contributed by atoms with van der Waals surface area (Å²) in [6, 6.07) is 4.91. The number of hydrogen-bond donors (Lipinski definition) is 1. The predicted octanol–water partition coefficient (Wildman–Crippen LogP) is 2.49. The Morgan fingerprint density at radius 2 is 2.45 bits per heavy atom. The zero-order chi connectivity index (χ0) is 15.2. The third kappa shape index (κ3) is 4.38. The Morgan fingerprint density at radius 1 is 1.50 bits per heavy atom. The van der Waals surface area contributed by atoms with Crippen molar-refractivity contribution in [2.75, 3.05) is 19.6 Å². The molecular weight excluding hydrogens is 296 g/mol. The summed E-state index contributed by atoms with van der Waals surface area (Å²) in [6.07, 6.45) is 4.42. The Morgan fingerprint density at radius 3 is 3.23 bits per heavy atom. The van der Waals surface area contributed by atoms with Gasteiger partial charge in [-0.15, -0.1) is 11.3 Å². The molecule has 1 aliphatic heterocycles. The van der Waals surface area contributed by atoms with Crippen molar-refractivity contribution < 1.29 is 4.52 Å². The molecule has 0 amide bonds. The molecule has 2 aromatic heterocycles. The summed E-state index contributed by atoms with van der Waals surface area (Å²) in [6.45, 7) is 6.08. The van der Waals surface area contributed by atoms with Gasteiger partial charge >= 0.3 is 0 Å². The second-order valence-corrected chi connectivity index (χ2v) is 6.85. The zero-order valence-corrected chi connectivity index (χ0v) is 13.9. The van der Waals surface area contributed by atoms with Crippen LogP contribution < -0.4 is 5.32 Å². The third-order valence-electron chi connectivity index (χ3n) is 4.07. The zero-order valence-electron chi connectivity index (χ0n) is 13.1. The summed E-state index contributed by atoms with van der Waals surface area (Å²) >= 11 is 1.84. The van der Waals surface area contributed by atoms with E-state index in [4.69, 9.17) is 4.52 Å². The first-order valence-corrected chi connectivity index (χ1v) is 9.01. The molecule has 1 unspecified atom stereocenters. The summed E-state index contributed by atoms with van der Waals surface area (Å²) < 4.78 is 5.19. The minimum atomic E-state index is 0.575. The van der Waals surface area contributed by atoms with Gasteiger partial charge in [0.05, 0.1) is 6.54 Å². The van der Waals surface area contributed by atoms with Gasteiger partial charge in [-0.05, 0) is 37.3 Å². The van der Waals surface area contributed by atoms with Crippen LogP contribution in [0.15, 0.2) is 22.0 Å². The van der Waals surface area contributed by atoms with Crippen LogP contribution in [0.1, 0.15) is 36.4 Å². The molecule has 0 radical (unpaired) electrons. The van der Waals surface area contributed by atoms with Gasteiger partial charge in [-0.25, -0.2) is 0 Å². The highest BCUT2D eigenvalue weighted by Gasteiger charge is 2.20. The number of rotatable bonds is 7. The van der Waals surface area contributed by atoms with Gasteiger partial charge in [-0.2, -0.15) is 4.98 Å². The van der Waals surface area contributed by atoms with Crippen molar-refractivity contribution in [2.24, 2.45) is 0 Å². The first kappa shape index (κ1) is 15.6. The van der Waals surface area contributed by atoms with E-state index in [9.17, 15) is 0 Å². The molecule has 1 aliphatic rings. The van der Waals surface area contributed by atoms with Crippen LogP contribution >= 0.6 is 11.3 Å². The van der Waals surface area contributed by atoms with Gasteiger partial charge in [0, 0.05) is 30.4 Å². The van der Waals surface area contributed by atoms with E-state index in [2.05, 4.69) is 37.9 Å². The minimum Gasteiger partial charge on any atom is -0.339 e. The molecule has 3 rings (SSSR count). The lowest BCUT2D eigenvalue weighted by molar-refractivity contribution is 0.178. The fourth-order valence-corrected chi connectivity index (χ4v) is 3.63. The Balaban J connectivity index is 1.42. The lowest BCUT2D eigenvalue weighted by Crippen LogP contribution is -2.45. The molecular formula is C16H24N4OS.